The molecule has 0 saturated heterocycles. The summed E-state index contributed by atoms with van der Waals surface area (Å²) in [4.78, 5) is 23.6. The molecule has 0 spiro atoms. The van der Waals surface area contributed by atoms with Crippen molar-refractivity contribution >= 4 is 23.4 Å². The molecule has 0 bridgehead atoms. The summed E-state index contributed by atoms with van der Waals surface area (Å²) >= 11 is 5.52. The largest absolute Gasteiger partial charge is 0.462 e. The van der Waals surface area contributed by atoms with Gasteiger partial charge in [0.2, 0.25) is 0 Å². The molecular weight excluding hydrogens is 256 g/mol. The van der Waals surface area contributed by atoms with E-state index in [4.69, 9.17) is 21.4 Å². The van der Waals surface area contributed by atoms with Gasteiger partial charge in [0.25, 0.3) is 0 Å². The lowest BCUT2D eigenvalue weighted by molar-refractivity contribution is 0.0523. The lowest BCUT2D eigenvalue weighted by Crippen LogP contribution is -2.13. The Kier molecular flexibility index (Phi) is 5.82. The SMILES string of the molecule is CCOC(=O)c1cc(CO)ccc1C(=O)CCCl. The van der Waals surface area contributed by atoms with E-state index in [9.17, 15) is 9.59 Å². The van der Waals surface area contributed by atoms with Crippen LogP contribution in [0.15, 0.2) is 18.2 Å². The molecule has 0 radical (unpaired) electrons. The van der Waals surface area contributed by atoms with Crippen molar-refractivity contribution in [3.8, 4) is 0 Å². The summed E-state index contributed by atoms with van der Waals surface area (Å²) in [6.45, 7) is 1.72. The van der Waals surface area contributed by atoms with E-state index in [1.165, 1.54) is 12.1 Å². The number of carbonyl (C=O) groups excluding carboxylic acids is 2. The van der Waals surface area contributed by atoms with Gasteiger partial charge in [-0.05, 0) is 18.6 Å². The Balaban J connectivity index is 3.15. The molecule has 1 aromatic carbocycles. The highest BCUT2D eigenvalue weighted by atomic mass is 35.5. The molecule has 0 amide bonds. The molecule has 5 heteroatoms. The first kappa shape index (κ1) is 14.7. The van der Waals surface area contributed by atoms with Crippen LogP contribution < -0.4 is 0 Å². The van der Waals surface area contributed by atoms with Crippen LogP contribution >= 0.6 is 11.6 Å². The lowest BCUT2D eigenvalue weighted by atomic mass is 9.99. The molecule has 0 atom stereocenters. The van der Waals surface area contributed by atoms with Gasteiger partial charge in [-0.2, -0.15) is 0 Å². The van der Waals surface area contributed by atoms with E-state index in [1.807, 2.05) is 0 Å². The van der Waals surface area contributed by atoms with Gasteiger partial charge in [-0.25, -0.2) is 4.79 Å². The molecule has 18 heavy (non-hydrogen) atoms. The van der Waals surface area contributed by atoms with Gasteiger partial charge in [-0.3, -0.25) is 4.79 Å². The monoisotopic (exact) mass is 270 g/mol. The number of carbonyl (C=O) groups is 2. The smallest absolute Gasteiger partial charge is 0.338 e. The number of ketones is 1. The number of rotatable bonds is 6. The van der Waals surface area contributed by atoms with Gasteiger partial charge in [-0.1, -0.05) is 12.1 Å². The summed E-state index contributed by atoms with van der Waals surface area (Å²) < 4.78 is 4.89. The summed E-state index contributed by atoms with van der Waals surface area (Å²) in [7, 11) is 0. The predicted octanol–water partition coefficient (Wildman–Crippen LogP) is 2.17. The highest BCUT2D eigenvalue weighted by molar-refractivity contribution is 6.20. The molecule has 0 aliphatic carbocycles. The highest BCUT2D eigenvalue weighted by Gasteiger charge is 2.18. The minimum atomic E-state index is -0.564. The number of aliphatic hydroxyl groups excluding tert-OH is 1. The molecule has 1 N–H and O–H groups in total. The molecule has 0 fully saturated rings. The van der Waals surface area contributed by atoms with Crippen LogP contribution in [-0.2, 0) is 11.3 Å². The van der Waals surface area contributed by atoms with Gasteiger partial charge in [0.05, 0.1) is 18.8 Å². The van der Waals surface area contributed by atoms with E-state index in [0.29, 0.717) is 5.56 Å². The second-order valence-corrected chi connectivity index (χ2v) is 4.00. The van der Waals surface area contributed by atoms with Crippen molar-refractivity contribution in [1.82, 2.24) is 0 Å². The zero-order valence-corrected chi connectivity index (χ0v) is 10.9. The molecule has 0 aromatic heterocycles. The maximum absolute atomic E-state index is 11.8. The number of benzene rings is 1. The molecule has 1 rings (SSSR count). The van der Waals surface area contributed by atoms with Gasteiger partial charge < -0.3 is 9.84 Å². The van der Waals surface area contributed by atoms with Crippen molar-refractivity contribution in [2.45, 2.75) is 20.0 Å². The summed E-state index contributed by atoms with van der Waals surface area (Å²) in [6.07, 6.45) is 0.159. The van der Waals surface area contributed by atoms with Crippen molar-refractivity contribution in [3.63, 3.8) is 0 Å². The standard InChI is InChI=1S/C13H15ClO4/c1-2-18-13(17)11-7-9(8-15)3-4-10(11)12(16)5-6-14/h3-4,7,15H,2,5-6,8H2,1H3. The van der Waals surface area contributed by atoms with E-state index >= 15 is 0 Å². The van der Waals surface area contributed by atoms with E-state index in [1.54, 1.807) is 13.0 Å². The molecule has 4 nitrogen and oxygen atoms in total. The van der Waals surface area contributed by atoms with Crippen LogP contribution in [0, 0.1) is 0 Å². The quantitative estimate of drug-likeness (QED) is 0.489. The van der Waals surface area contributed by atoms with Crippen molar-refractivity contribution in [3.05, 3.63) is 34.9 Å². The number of ether oxygens (including phenoxy) is 1. The van der Waals surface area contributed by atoms with Crippen LogP contribution in [0.4, 0.5) is 0 Å². The van der Waals surface area contributed by atoms with E-state index in [2.05, 4.69) is 0 Å². The second-order valence-electron chi connectivity index (χ2n) is 3.62. The molecule has 0 aliphatic rings. The summed E-state index contributed by atoms with van der Waals surface area (Å²) in [5.41, 5.74) is 1.02. The second kappa shape index (κ2) is 7.13. The van der Waals surface area contributed by atoms with Crippen LogP contribution in [0.25, 0.3) is 0 Å². The number of hydrogen-bond donors (Lipinski definition) is 1. The average Bonchev–Trinajstić information content (AvgIpc) is 2.38. The summed E-state index contributed by atoms with van der Waals surface area (Å²) in [6, 6.07) is 4.59. The lowest BCUT2D eigenvalue weighted by Gasteiger charge is -2.09. The molecule has 0 heterocycles. The highest BCUT2D eigenvalue weighted by Crippen LogP contribution is 2.16. The minimum absolute atomic E-state index is 0.159. The predicted molar refractivity (Wildman–Crippen MR) is 68.0 cm³/mol. The van der Waals surface area contributed by atoms with Crippen LogP contribution in [0.1, 0.15) is 39.6 Å². The van der Waals surface area contributed by atoms with Crippen molar-refractivity contribution in [1.29, 1.82) is 0 Å². The minimum Gasteiger partial charge on any atom is -0.462 e. The van der Waals surface area contributed by atoms with Crippen molar-refractivity contribution < 1.29 is 19.4 Å². The number of halogens is 1. The van der Waals surface area contributed by atoms with Crippen LogP contribution in [0.5, 0.6) is 0 Å². The third kappa shape index (κ3) is 3.55. The third-order valence-corrected chi connectivity index (χ3v) is 2.57. The number of esters is 1. The normalized spacial score (nSPS) is 10.2. The fourth-order valence-corrected chi connectivity index (χ4v) is 1.70. The molecule has 1 aromatic rings. The Morgan fingerprint density at radius 2 is 2.06 bits per heavy atom. The third-order valence-electron chi connectivity index (χ3n) is 2.38. The number of aliphatic hydroxyl groups is 1. The van der Waals surface area contributed by atoms with E-state index in [-0.39, 0.29) is 42.4 Å². The molecule has 0 unspecified atom stereocenters. The summed E-state index contributed by atoms with van der Waals surface area (Å²) in [5.74, 6) is -0.577. The van der Waals surface area contributed by atoms with Gasteiger partial charge >= 0.3 is 5.97 Å². The Labute approximate surface area is 111 Å². The van der Waals surface area contributed by atoms with Gasteiger partial charge in [0, 0.05) is 17.9 Å². The van der Waals surface area contributed by atoms with Gasteiger partial charge in [0.1, 0.15) is 0 Å². The van der Waals surface area contributed by atoms with Crippen LogP contribution in [-0.4, -0.2) is 29.3 Å². The van der Waals surface area contributed by atoms with Crippen LogP contribution in [0.3, 0.4) is 0 Å². The maximum atomic E-state index is 11.8. The summed E-state index contributed by atoms with van der Waals surface area (Å²) in [5, 5.41) is 9.05. The fourth-order valence-electron chi connectivity index (χ4n) is 1.53. The number of hydrogen-bond acceptors (Lipinski definition) is 4. The molecule has 98 valence electrons. The van der Waals surface area contributed by atoms with Gasteiger partial charge in [0.15, 0.2) is 5.78 Å². The zero-order chi connectivity index (χ0) is 13.5. The Morgan fingerprint density at radius 3 is 2.61 bits per heavy atom. The number of Topliss-reactive ketones (excluding diaryl/α,β-unsaturated/α-hetero) is 1. The average molecular weight is 271 g/mol. The topological polar surface area (TPSA) is 63.6 Å². The van der Waals surface area contributed by atoms with Crippen molar-refractivity contribution in [2.75, 3.05) is 12.5 Å². The first-order valence-electron chi connectivity index (χ1n) is 5.64. The van der Waals surface area contributed by atoms with Gasteiger partial charge in [-0.15, -0.1) is 11.6 Å². The first-order chi connectivity index (χ1) is 8.63. The maximum Gasteiger partial charge on any atom is 0.338 e. The van der Waals surface area contributed by atoms with E-state index in [0.717, 1.165) is 0 Å². The fraction of sp³-hybridized carbons (Fsp3) is 0.385. The molecular formula is C13H15ClO4. The Morgan fingerprint density at radius 1 is 1.33 bits per heavy atom. The Bertz CT molecular complexity index is 443. The molecule has 0 saturated carbocycles. The Hall–Kier alpha value is -1.39. The first-order valence-corrected chi connectivity index (χ1v) is 6.17. The number of alkyl halides is 1. The van der Waals surface area contributed by atoms with Crippen molar-refractivity contribution in [2.24, 2.45) is 0 Å². The zero-order valence-electron chi connectivity index (χ0n) is 10.1. The van der Waals surface area contributed by atoms with E-state index < -0.39 is 5.97 Å². The molecule has 0 aliphatic heterocycles. The van der Waals surface area contributed by atoms with Crippen LogP contribution in [0.2, 0.25) is 0 Å².